The van der Waals surface area contributed by atoms with E-state index in [2.05, 4.69) is 14.3 Å². The van der Waals surface area contributed by atoms with Gasteiger partial charge in [-0.15, -0.1) is 0 Å². The zero-order valence-electron chi connectivity index (χ0n) is 16.4. The Bertz CT molecular complexity index is 1080. The van der Waals surface area contributed by atoms with Crippen molar-refractivity contribution in [1.29, 1.82) is 0 Å². The molecule has 1 aliphatic rings. The fourth-order valence-electron chi connectivity index (χ4n) is 3.57. The number of ether oxygens (including phenoxy) is 1. The number of aromatic amines is 1. The van der Waals surface area contributed by atoms with Gasteiger partial charge in [-0.05, 0) is 6.42 Å². The van der Waals surface area contributed by atoms with Crippen molar-refractivity contribution in [1.82, 2.24) is 14.5 Å². The first-order valence-electron chi connectivity index (χ1n) is 9.35. The van der Waals surface area contributed by atoms with Crippen molar-refractivity contribution >= 4 is 32.5 Å². The number of nitrogens with zero attached hydrogens (tertiary/aromatic N) is 2. The third-order valence-corrected chi connectivity index (χ3v) is 7.05. The van der Waals surface area contributed by atoms with Gasteiger partial charge in [0, 0.05) is 12.0 Å². The molecule has 0 spiro atoms. The fourth-order valence-corrected chi connectivity index (χ4v) is 5.17. The van der Waals surface area contributed by atoms with Crippen LogP contribution in [0.3, 0.4) is 0 Å². The van der Waals surface area contributed by atoms with Crippen molar-refractivity contribution in [3.05, 3.63) is 22.7 Å². The van der Waals surface area contributed by atoms with Crippen LogP contribution in [0.2, 0.25) is 0 Å². The van der Waals surface area contributed by atoms with E-state index < -0.39 is 52.2 Å². The Kier molecular flexibility index (Phi) is 7.06. The summed E-state index contributed by atoms with van der Waals surface area (Å²) in [5.41, 5.74) is 5.59. The minimum absolute atomic E-state index is 0.0877. The molecule has 1 aliphatic heterocycles. The normalized spacial score (nSPS) is 26.4. The van der Waals surface area contributed by atoms with Gasteiger partial charge in [0.05, 0.1) is 24.6 Å². The second kappa shape index (κ2) is 9.10. The van der Waals surface area contributed by atoms with Crippen LogP contribution < -0.4 is 11.3 Å². The standard InChI is InChI=1S/C15H24N4O10P2/c1-2-3-4-8-10(6-27-31(25,26)29-30(22,23)24)28-15(13(8)20)19-7-17-12-9(19)5-11(16)18-14(12)21/h5,7-8,10,13,15,20H,2-4,6H2,1H3,(H,25,26)(H3,16,18,21)(H2,22,23,24)/t8-,10-,13-,15-/m1/s1. The summed E-state index contributed by atoms with van der Waals surface area (Å²) in [7, 11) is -10.3. The molecule has 1 unspecified atom stereocenters. The predicted octanol–water partition coefficient (Wildman–Crippen LogP) is 0.598. The van der Waals surface area contributed by atoms with Crippen molar-refractivity contribution in [2.24, 2.45) is 5.92 Å². The molecular formula is C15H24N4O10P2. The van der Waals surface area contributed by atoms with Crippen molar-refractivity contribution < 1.29 is 42.5 Å². The molecule has 0 bridgehead atoms. The SMILES string of the molecule is CCCC[C@H]1[C@@H](O)[C@H](n2cnc3c(=O)[nH]c(N)cc32)O[C@@H]1COP(=O)(O)OP(=O)(O)O. The number of aliphatic hydroxyl groups is 1. The maximum Gasteiger partial charge on any atom is 0.481 e. The highest BCUT2D eigenvalue weighted by atomic mass is 31.3. The van der Waals surface area contributed by atoms with Gasteiger partial charge in [0.2, 0.25) is 0 Å². The van der Waals surface area contributed by atoms with Crippen LogP contribution in [0.25, 0.3) is 11.0 Å². The van der Waals surface area contributed by atoms with Gasteiger partial charge in [0.15, 0.2) is 11.7 Å². The van der Waals surface area contributed by atoms with Crippen LogP contribution in [-0.4, -0.2) is 53.1 Å². The summed E-state index contributed by atoms with van der Waals surface area (Å²) in [6.07, 6.45) is 0.279. The lowest BCUT2D eigenvalue weighted by molar-refractivity contribution is -0.0484. The van der Waals surface area contributed by atoms with Crippen molar-refractivity contribution in [2.75, 3.05) is 12.3 Å². The number of H-pyrrole nitrogens is 1. The lowest BCUT2D eigenvalue weighted by Crippen LogP contribution is -2.28. The summed E-state index contributed by atoms with van der Waals surface area (Å²) in [5.74, 6) is -0.457. The highest BCUT2D eigenvalue weighted by Gasteiger charge is 2.46. The summed E-state index contributed by atoms with van der Waals surface area (Å²) in [6, 6.07) is 1.46. The summed E-state index contributed by atoms with van der Waals surface area (Å²) in [5, 5.41) is 10.9. The Morgan fingerprint density at radius 1 is 1.35 bits per heavy atom. The molecule has 31 heavy (non-hydrogen) atoms. The minimum atomic E-state index is -5.27. The fraction of sp³-hybridized carbons (Fsp3) is 0.600. The summed E-state index contributed by atoms with van der Waals surface area (Å²) in [6.45, 7) is 1.37. The van der Waals surface area contributed by atoms with Crippen LogP contribution in [0.15, 0.2) is 17.2 Å². The average molecular weight is 482 g/mol. The third kappa shape index (κ3) is 5.61. The number of hydrogen-bond acceptors (Lipinski definition) is 9. The van der Waals surface area contributed by atoms with Gasteiger partial charge in [-0.2, -0.15) is 4.31 Å². The number of phosphoric acid groups is 2. The van der Waals surface area contributed by atoms with Crippen molar-refractivity contribution in [3.8, 4) is 0 Å². The molecule has 0 saturated carbocycles. The lowest BCUT2D eigenvalue weighted by atomic mass is 9.92. The number of fused-ring (bicyclic) bond motifs is 1. The van der Waals surface area contributed by atoms with Crippen LogP contribution in [0.1, 0.15) is 32.4 Å². The molecule has 14 nitrogen and oxygen atoms in total. The summed E-state index contributed by atoms with van der Waals surface area (Å²) >= 11 is 0. The number of aromatic nitrogens is 3. The van der Waals surface area contributed by atoms with Crippen molar-refractivity contribution in [3.63, 3.8) is 0 Å². The molecule has 16 heteroatoms. The molecule has 7 N–H and O–H groups in total. The molecule has 0 aromatic carbocycles. The Morgan fingerprint density at radius 3 is 2.71 bits per heavy atom. The third-order valence-electron chi connectivity index (χ3n) is 4.90. The number of phosphoric ester groups is 1. The van der Waals surface area contributed by atoms with Gasteiger partial charge in [0.25, 0.3) is 5.56 Å². The van der Waals surface area contributed by atoms with Crippen LogP contribution in [0.5, 0.6) is 0 Å². The van der Waals surface area contributed by atoms with E-state index in [1.54, 1.807) is 0 Å². The first kappa shape index (κ1) is 24.1. The van der Waals surface area contributed by atoms with Crippen LogP contribution in [0.4, 0.5) is 5.82 Å². The number of rotatable bonds is 9. The number of nitrogen functional groups attached to an aromatic ring is 1. The second-order valence-corrected chi connectivity index (χ2v) is 9.97. The maximum atomic E-state index is 12.0. The number of imidazole rings is 1. The number of pyridine rings is 1. The van der Waals surface area contributed by atoms with Crippen molar-refractivity contribution in [2.45, 2.75) is 44.6 Å². The number of unbranched alkanes of at least 4 members (excludes halogenated alkanes) is 1. The summed E-state index contributed by atoms with van der Waals surface area (Å²) < 4.78 is 38.4. The number of nitrogens with one attached hydrogen (secondary N) is 1. The average Bonchev–Trinajstić information content (AvgIpc) is 3.17. The predicted molar refractivity (Wildman–Crippen MR) is 107 cm³/mol. The van der Waals surface area contributed by atoms with Gasteiger partial charge in [-0.25, -0.2) is 14.1 Å². The van der Waals surface area contributed by atoms with E-state index in [0.29, 0.717) is 18.4 Å². The van der Waals surface area contributed by atoms with Crippen LogP contribution in [-0.2, 0) is 22.7 Å². The van der Waals surface area contributed by atoms with E-state index in [0.717, 1.165) is 6.42 Å². The molecule has 5 atom stereocenters. The largest absolute Gasteiger partial charge is 0.481 e. The van der Waals surface area contributed by atoms with Gasteiger partial charge < -0.3 is 39.8 Å². The molecule has 0 amide bonds. The van der Waals surface area contributed by atoms with Crippen LogP contribution >= 0.6 is 15.6 Å². The van der Waals surface area contributed by atoms with E-state index in [9.17, 15) is 23.9 Å². The van der Waals surface area contributed by atoms with E-state index in [1.807, 2.05) is 6.92 Å². The van der Waals surface area contributed by atoms with E-state index in [-0.39, 0.29) is 11.3 Å². The number of hydrogen-bond donors (Lipinski definition) is 6. The van der Waals surface area contributed by atoms with Gasteiger partial charge in [-0.1, -0.05) is 19.8 Å². The Balaban J connectivity index is 1.85. The molecule has 3 rings (SSSR count). The van der Waals surface area contributed by atoms with Crippen LogP contribution in [0, 0.1) is 5.92 Å². The quantitative estimate of drug-likeness (QED) is 0.271. The molecule has 174 valence electrons. The van der Waals surface area contributed by atoms with Gasteiger partial charge >= 0.3 is 15.6 Å². The zero-order chi connectivity index (χ0) is 23.0. The molecule has 0 aliphatic carbocycles. The van der Waals surface area contributed by atoms with E-state index in [4.69, 9.17) is 24.8 Å². The smallest absolute Gasteiger partial charge is 0.388 e. The monoisotopic (exact) mass is 482 g/mol. The summed E-state index contributed by atoms with van der Waals surface area (Å²) in [4.78, 5) is 45.5. The zero-order valence-corrected chi connectivity index (χ0v) is 18.2. The highest BCUT2D eigenvalue weighted by molar-refractivity contribution is 7.60. The molecule has 1 saturated heterocycles. The highest BCUT2D eigenvalue weighted by Crippen LogP contribution is 2.58. The Hall–Kier alpha value is -1.60. The molecule has 0 radical (unpaired) electrons. The van der Waals surface area contributed by atoms with E-state index in [1.165, 1.54) is 17.0 Å². The van der Waals surface area contributed by atoms with Gasteiger partial charge in [0.1, 0.15) is 11.9 Å². The topological polar surface area (TPSA) is 219 Å². The molecule has 2 aromatic heterocycles. The number of anilines is 1. The first-order valence-corrected chi connectivity index (χ1v) is 12.4. The Morgan fingerprint density at radius 2 is 2.06 bits per heavy atom. The number of nitrogens with two attached hydrogens (primary N) is 1. The molecule has 3 heterocycles. The molecule has 1 fully saturated rings. The second-order valence-electron chi connectivity index (χ2n) is 7.14. The van der Waals surface area contributed by atoms with Gasteiger partial charge in [-0.3, -0.25) is 9.32 Å². The first-order chi connectivity index (χ1) is 14.4. The molecule has 2 aromatic rings. The lowest BCUT2D eigenvalue weighted by Gasteiger charge is -2.21. The maximum absolute atomic E-state index is 12.0. The van der Waals surface area contributed by atoms with E-state index >= 15 is 0 Å². The molecular weight excluding hydrogens is 458 g/mol. The number of aliphatic hydroxyl groups excluding tert-OH is 1. The minimum Gasteiger partial charge on any atom is -0.388 e. The Labute approximate surface area is 175 Å².